The largest absolute Gasteiger partial charge is 0.444 e. The average molecular weight is 313 g/mol. The Bertz CT molecular complexity index is 383. The van der Waals surface area contributed by atoms with Gasteiger partial charge in [-0.15, -0.1) is 0 Å². The first kappa shape index (κ1) is 18.7. The van der Waals surface area contributed by atoms with Gasteiger partial charge in [-0.1, -0.05) is 13.8 Å². The van der Waals surface area contributed by atoms with Gasteiger partial charge in [0.25, 0.3) is 0 Å². The lowest BCUT2D eigenvalue weighted by molar-refractivity contribution is -0.124. The van der Waals surface area contributed by atoms with Crippen LogP contribution < -0.4 is 16.4 Å². The molecule has 6 heteroatoms. The van der Waals surface area contributed by atoms with Crippen LogP contribution in [0.1, 0.15) is 60.3 Å². The summed E-state index contributed by atoms with van der Waals surface area (Å²) in [4.78, 5) is 23.7. The van der Waals surface area contributed by atoms with E-state index < -0.39 is 11.6 Å². The van der Waals surface area contributed by atoms with Crippen LogP contribution in [0.25, 0.3) is 0 Å². The molecule has 0 aromatic rings. The molecule has 4 N–H and O–H groups in total. The Hall–Kier alpha value is -1.30. The van der Waals surface area contributed by atoms with Crippen LogP contribution in [0.15, 0.2) is 0 Å². The maximum Gasteiger partial charge on any atom is 0.407 e. The van der Waals surface area contributed by atoms with Crippen LogP contribution in [-0.2, 0) is 9.53 Å². The maximum absolute atomic E-state index is 11.9. The number of alkyl carbamates (subject to hydrolysis) is 1. The predicted octanol–water partition coefficient (Wildman–Crippen LogP) is 1.92. The summed E-state index contributed by atoms with van der Waals surface area (Å²) in [5.74, 6) is 0.0451. The molecule has 0 aromatic heterocycles. The molecule has 1 fully saturated rings. The molecule has 128 valence electrons. The Morgan fingerprint density at radius 1 is 1.05 bits per heavy atom. The van der Waals surface area contributed by atoms with Crippen LogP contribution in [0.3, 0.4) is 0 Å². The van der Waals surface area contributed by atoms with Gasteiger partial charge in [0.1, 0.15) is 5.60 Å². The lowest BCUT2D eigenvalue weighted by atomic mass is 9.90. The fraction of sp³-hybridized carbons (Fsp3) is 0.875. The van der Waals surface area contributed by atoms with Crippen LogP contribution in [0.2, 0.25) is 0 Å². The van der Waals surface area contributed by atoms with Crippen molar-refractivity contribution in [3.63, 3.8) is 0 Å². The van der Waals surface area contributed by atoms with Gasteiger partial charge < -0.3 is 21.1 Å². The van der Waals surface area contributed by atoms with Crippen molar-refractivity contribution in [2.24, 2.45) is 11.7 Å². The van der Waals surface area contributed by atoms with Crippen LogP contribution in [0, 0.1) is 5.92 Å². The van der Waals surface area contributed by atoms with Crippen LogP contribution in [-0.4, -0.2) is 35.7 Å². The van der Waals surface area contributed by atoms with E-state index in [1.165, 1.54) is 0 Å². The van der Waals surface area contributed by atoms with E-state index in [4.69, 9.17) is 10.5 Å². The van der Waals surface area contributed by atoms with Gasteiger partial charge in [-0.3, -0.25) is 4.79 Å². The highest BCUT2D eigenvalue weighted by Gasteiger charge is 2.27. The Labute approximate surface area is 133 Å². The highest BCUT2D eigenvalue weighted by molar-refractivity contribution is 5.82. The summed E-state index contributed by atoms with van der Waals surface area (Å²) in [6.45, 7) is 9.41. The molecule has 1 saturated carbocycles. The van der Waals surface area contributed by atoms with Crippen molar-refractivity contribution in [3.8, 4) is 0 Å². The van der Waals surface area contributed by atoms with Gasteiger partial charge >= 0.3 is 6.09 Å². The quantitative estimate of drug-likeness (QED) is 0.739. The van der Waals surface area contributed by atoms with Gasteiger partial charge in [0.15, 0.2) is 0 Å². The number of nitrogens with one attached hydrogen (secondary N) is 2. The zero-order valence-corrected chi connectivity index (χ0v) is 14.4. The minimum Gasteiger partial charge on any atom is -0.444 e. The second-order valence-corrected chi connectivity index (χ2v) is 7.47. The summed E-state index contributed by atoms with van der Waals surface area (Å²) in [5.41, 5.74) is 5.36. The smallest absolute Gasteiger partial charge is 0.407 e. The SMILES string of the molecule is CC(C)C(N)C(=O)NC1CCC(NC(=O)OC(C)(C)C)CC1. The third kappa shape index (κ3) is 6.64. The molecule has 1 aliphatic carbocycles. The molecule has 0 bridgehead atoms. The number of carbonyl (C=O) groups excluding carboxylic acids is 2. The Morgan fingerprint density at radius 3 is 1.91 bits per heavy atom. The Kier molecular flexibility index (Phi) is 6.66. The predicted molar refractivity (Wildman–Crippen MR) is 86.4 cm³/mol. The van der Waals surface area contributed by atoms with Gasteiger partial charge in [0.2, 0.25) is 5.91 Å². The summed E-state index contributed by atoms with van der Waals surface area (Å²) in [6, 6.07) is -0.201. The van der Waals surface area contributed by atoms with Crippen molar-refractivity contribution in [2.75, 3.05) is 0 Å². The molecule has 6 nitrogen and oxygen atoms in total. The number of hydrogen-bond acceptors (Lipinski definition) is 4. The van der Waals surface area contributed by atoms with E-state index in [9.17, 15) is 9.59 Å². The number of hydrogen-bond donors (Lipinski definition) is 3. The van der Waals surface area contributed by atoms with E-state index in [1.807, 2.05) is 34.6 Å². The van der Waals surface area contributed by atoms with E-state index in [2.05, 4.69) is 10.6 Å². The first-order valence-electron chi connectivity index (χ1n) is 8.14. The fourth-order valence-electron chi connectivity index (χ4n) is 2.46. The van der Waals surface area contributed by atoms with Gasteiger partial charge in [-0.05, 0) is 52.4 Å². The molecule has 2 amide bonds. The monoisotopic (exact) mass is 313 g/mol. The molecule has 0 radical (unpaired) electrons. The standard InChI is InChI=1S/C16H31N3O3/c1-10(2)13(17)14(20)18-11-6-8-12(9-7-11)19-15(21)22-16(3,4)5/h10-13H,6-9,17H2,1-5H3,(H,18,20)(H,19,21). The zero-order valence-electron chi connectivity index (χ0n) is 14.4. The van der Waals surface area contributed by atoms with Gasteiger partial charge in [-0.25, -0.2) is 4.79 Å². The van der Waals surface area contributed by atoms with Crippen LogP contribution >= 0.6 is 0 Å². The summed E-state index contributed by atoms with van der Waals surface area (Å²) in [6.07, 6.45) is 2.98. The topological polar surface area (TPSA) is 93.5 Å². The van der Waals surface area contributed by atoms with E-state index in [-0.39, 0.29) is 30.0 Å². The molecule has 0 saturated heterocycles. The lowest BCUT2D eigenvalue weighted by Gasteiger charge is -2.31. The molecule has 1 rings (SSSR count). The molecular weight excluding hydrogens is 282 g/mol. The van der Waals surface area contributed by atoms with Crippen molar-refractivity contribution in [1.29, 1.82) is 0 Å². The molecule has 0 heterocycles. The van der Waals surface area contributed by atoms with E-state index >= 15 is 0 Å². The highest BCUT2D eigenvalue weighted by Crippen LogP contribution is 2.19. The third-order valence-electron chi connectivity index (χ3n) is 3.82. The van der Waals surface area contributed by atoms with Crippen LogP contribution in [0.5, 0.6) is 0 Å². The first-order chi connectivity index (χ1) is 10.1. The van der Waals surface area contributed by atoms with Crippen molar-refractivity contribution >= 4 is 12.0 Å². The van der Waals surface area contributed by atoms with Crippen molar-refractivity contribution in [1.82, 2.24) is 10.6 Å². The van der Waals surface area contributed by atoms with E-state index in [1.54, 1.807) is 0 Å². The van der Waals surface area contributed by atoms with Crippen LogP contribution in [0.4, 0.5) is 4.79 Å². The fourth-order valence-corrected chi connectivity index (χ4v) is 2.46. The third-order valence-corrected chi connectivity index (χ3v) is 3.82. The second kappa shape index (κ2) is 7.81. The van der Waals surface area contributed by atoms with Crippen molar-refractivity contribution in [3.05, 3.63) is 0 Å². The minimum atomic E-state index is -0.484. The lowest BCUT2D eigenvalue weighted by Crippen LogP contribution is -2.50. The number of ether oxygens (including phenoxy) is 1. The minimum absolute atomic E-state index is 0.0847. The molecule has 1 unspecified atom stereocenters. The first-order valence-corrected chi connectivity index (χ1v) is 8.14. The number of nitrogens with two attached hydrogens (primary N) is 1. The highest BCUT2D eigenvalue weighted by atomic mass is 16.6. The Morgan fingerprint density at radius 2 is 1.50 bits per heavy atom. The summed E-state index contributed by atoms with van der Waals surface area (Å²) >= 11 is 0. The molecule has 0 aromatic carbocycles. The summed E-state index contributed by atoms with van der Waals surface area (Å²) in [7, 11) is 0. The van der Waals surface area contributed by atoms with Crippen molar-refractivity contribution in [2.45, 2.75) is 84.0 Å². The summed E-state index contributed by atoms with van der Waals surface area (Å²) in [5, 5.41) is 5.90. The average Bonchev–Trinajstić information content (AvgIpc) is 2.37. The van der Waals surface area contributed by atoms with Crippen molar-refractivity contribution < 1.29 is 14.3 Å². The zero-order chi connectivity index (χ0) is 16.9. The number of amides is 2. The van der Waals surface area contributed by atoms with E-state index in [0.29, 0.717) is 0 Å². The molecule has 1 atom stereocenters. The van der Waals surface area contributed by atoms with Gasteiger partial charge in [0, 0.05) is 12.1 Å². The molecule has 0 aliphatic heterocycles. The van der Waals surface area contributed by atoms with Gasteiger partial charge in [-0.2, -0.15) is 0 Å². The molecule has 22 heavy (non-hydrogen) atoms. The number of carbonyl (C=O) groups is 2. The van der Waals surface area contributed by atoms with E-state index in [0.717, 1.165) is 25.7 Å². The molecule has 0 spiro atoms. The van der Waals surface area contributed by atoms with Gasteiger partial charge in [0.05, 0.1) is 6.04 Å². The normalized spacial score (nSPS) is 23.8. The maximum atomic E-state index is 11.9. The summed E-state index contributed by atoms with van der Waals surface area (Å²) < 4.78 is 5.25. The Balaban J connectivity index is 2.32. The molecular formula is C16H31N3O3. The number of rotatable bonds is 4. The molecule has 1 aliphatic rings. The second-order valence-electron chi connectivity index (χ2n) is 7.47.